The maximum Gasteiger partial charge on any atom is 0.276 e. The summed E-state index contributed by atoms with van der Waals surface area (Å²) in [6.45, 7) is 0. The van der Waals surface area contributed by atoms with E-state index >= 15 is 0 Å². The molecule has 1 unspecified atom stereocenters. The number of amides is 1. The van der Waals surface area contributed by atoms with Gasteiger partial charge in [0.1, 0.15) is 0 Å². The number of nitrogens with one attached hydrogen (secondary N) is 2. The molecule has 1 atom stereocenters. The van der Waals surface area contributed by atoms with Crippen LogP contribution in [0.15, 0.2) is 41.4 Å². The fourth-order valence-corrected chi connectivity index (χ4v) is 3.22. The number of anilines is 2. The Labute approximate surface area is 190 Å². The van der Waals surface area contributed by atoms with Crippen LogP contribution in [0.3, 0.4) is 0 Å². The Bertz CT molecular complexity index is 1050. The number of hydrogen-bond acceptors (Lipinski definition) is 6. The highest BCUT2D eigenvalue weighted by Crippen LogP contribution is 2.32. The number of carbonyl (C=O) groups excluding carboxylic acids is 1. The Morgan fingerprint density at radius 1 is 1.17 bits per heavy atom. The normalized spacial score (nSPS) is 16.4. The monoisotopic (exact) mass is 491 g/mol. The van der Waals surface area contributed by atoms with Gasteiger partial charge in [0, 0.05) is 0 Å². The lowest BCUT2D eigenvalue weighted by atomic mass is 10.2. The van der Waals surface area contributed by atoms with Crippen LogP contribution in [-0.4, -0.2) is 27.5 Å². The molecule has 0 saturated carbocycles. The zero-order chi connectivity index (χ0) is 21.3. The second-order valence-corrected chi connectivity index (χ2v) is 8.26. The zero-order valence-corrected chi connectivity index (χ0v) is 17.9. The molecule has 0 aromatic heterocycles. The van der Waals surface area contributed by atoms with E-state index in [1.54, 1.807) is 6.07 Å². The summed E-state index contributed by atoms with van der Waals surface area (Å²) in [5, 5.41) is 23.4. The topological polar surface area (TPSA) is 101 Å². The first-order valence-electron chi connectivity index (χ1n) is 7.80. The van der Waals surface area contributed by atoms with E-state index < -0.39 is 16.6 Å². The summed E-state index contributed by atoms with van der Waals surface area (Å²) < 4.78 is -2.40. The Morgan fingerprint density at radius 3 is 2.48 bits per heavy atom. The molecule has 0 bridgehead atoms. The van der Waals surface area contributed by atoms with Gasteiger partial charge in [-0.05, 0) is 36.4 Å². The lowest BCUT2D eigenvalue weighted by Gasteiger charge is -2.25. The minimum Gasteiger partial charge on any atom is -0.357 e. The number of benzene rings is 2. The minimum absolute atomic E-state index is 0.173. The van der Waals surface area contributed by atoms with Gasteiger partial charge in [-0.15, -0.1) is 0 Å². The lowest BCUT2D eigenvalue weighted by Crippen LogP contribution is -2.49. The second kappa shape index (κ2) is 8.54. The maximum atomic E-state index is 12.6. The van der Waals surface area contributed by atoms with Crippen molar-refractivity contribution in [2.75, 3.05) is 10.3 Å². The molecule has 0 radical (unpaired) electrons. The third kappa shape index (κ3) is 4.87. The molecule has 0 fully saturated rings. The molecule has 1 heterocycles. The predicted molar refractivity (Wildman–Crippen MR) is 115 cm³/mol. The van der Waals surface area contributed by atoms with Crippen LogP contribution in [0.1, 0.15) is 5.56 Å². The van der Waals surface area contributed by atoms with Crippen molar-refractivity contribution in [1.82, 2.24) is 5.43 Å². The van der Waals surface area contributed by atoms with Crippen LogP contribution < -0.4 is 15.8 Å². The van der Waals surface area contributed by atoms with Crippen LogP contribution in [0.2, 0.25) is 15.1 Å². The van der Waals surface area contributed by atoms with Gasteiger partial charge < -0.3 is 10.4 Å². The SMILES string of the molecule is N#Cc1ccc(NC(=O)C2N=C(C(O)(Cl)Cl)N(c3ccc(Cl)c(Cl)c3)N2)c(Cl)c1. The van der Waals surface area contributed by atoms with Crippen LogP contribution in [0, 0.1) is 11.3 Å². The van der Waals surface area contributed by atoms with Gasteiger partial charge in [0.05, 0.1) is 38.1 Å². The lowest BCUT2D eigenvalue weighted by molar-refractivity contribution is -0.117. The molecule has 150 valence electrons. The van der Waals surface area contributed by atoms with Crippen LogP contribution >= 0.6 is 58.0 Å². The number of aliphatic imine (C=N–C) groups is 1. The molecule has 0 spiro atoms. The largest absolute Gasteiger partial charge is 0.357 e. The Morgan fingerprint density at radius 2 is 1.90 bits per heavy atom. The molecular weight excluding hydrogens is 483 g/mol. The summed E-state index contributed by atoms with van der Waals surface area (Å²) in [5.41, 5.74) is 3.76. The molecule has 1 amide bonds. The van der Waals surface area contributed by atoms with Gasteiger partial charge in [0.15, 0.2) is 12.0 Å². The summed E-state index contributed by atoms with van der Waals surface area (Å²) in [5.74, 6) is -0.862. The average Bonchev–Trinajstić information content (AvgIpc) is 3.11. The van der Waals surface area contributed by atoms with Crippen molar-refractivity contribution in [2.45, 2.75) is 10.7 Å². The van der Waals surface area contributed by atoms with Crippen molar-refractivity contribution >= 4 is 81.1 Å². The van der Waals surface area contributed by atoms with E-state index in [0.717, 1.165) is 0 Å². The first-order chi connectivity index (χ1) is 13.6. The van der Waals surface area contributed by atoms with E-state index in [1.165, 1.54) is 35.3 Å². The molecule has 29 heavy (non-hydrogen) atoms. The Hall–Kier alpha value is -1.76. The number of rotatable bonds is 4. The van der Waals surface area contributed by atoms with Crippen molar-refractivity contribution in [3.63, 3.8) is 0 Å². The molecule has 7 nitrogen and oxygen atoms in total. The molecule has 3 N–H and O–H groups in total. The van der Waals surface area contributed by atoms with Crippen LogP contribution in [0.5, 0.6) is 0 Å². The van der Waals surface area contributed by atoms with Gasteiger partial charge in [-0.2, -0.15) is 10.7 Å². The number of alkyl halides is 2. The fourth-order valence-electron chi connectivity index (χ4n) is 2.43. The number of nitrogens with zero attached hydrogens (tertiary/aromatic N) is 3. The molecule has 2 aromatic rings. The molecular formula is C17H10Cl5N5O2. The highest BCUT2D eigenvalue weighted by Gasteiger charge is 2.41. The van der Waals surface area contributed by atoms with Gasteiger partial charge in [0.2, 0.25) is 0 Å². The Balaban J connectivity index is 1.87. The highest BCUT2D eigenvalue weighted by molar-refractivity contribution is 6.58. The van der Waals surface area contributed by atoms with Crippen molar-refractivity contribution in [3.8, 4) is 6.07 Å². The zero-order valence-electron chi connectivity index (χ0n) is 14.1. The van der Waals surface area contributed by atoms with E-state index in [4.69, 9.17) is 63.3 Å². The molecule has 1 aliphatic heterocycles. The highest BCUT2D eigenvalue weighted by atomic mass is 35.5. The molecule has 0 aliphatic carbocycles. The molecule has 12 heteroatoms. The van der Waals surface area contributed by atoms with E-state index in [2.05, 4.69) is 15.7 Å². The van der Waals surface area contributed by atoms with Crippen LogP contribution in [0.25, 0.3) is 0 Å². The summed E-state index contributed by atoms with van der Waals surface area (Å²) in [4.78, 5) is 16.7. The molecule has 2 aromatic carbocycles. The van der Waals surface area contributed by atoms with Crippen molar-refractivity contribution in [3.05, 3.63) is 57.0 Å². The summed E-state index contributed by atoms with van der Waals surface area (Å²) in [6.07, 6.45) is -1.20. The maximum absolute atomic E-state index is 12.6. The van der Waals surface area contributed by atoms with Gasteiger partial charge in [-0.25, -0.2) is 4.99 Å². The average molecular weight is 494 g/mol. The standard InChI is InChI=1S/C17H10Cl5N5O2/c18-10-3-2-9(6-11(10)19)27-16(17(21,22)29)25-14(26-27)15(28)24-13-4-1-8(7-23)5-12(13)20/h1-6,14,26,29H,(H,24,28). The van der Waals surface area contributed by atoms with Gasteiger partial charge in [0.25, 0.3) is 10.4 Å². The van der Waals surface area contributed by atoms with Crippen molar-refractivity contribution in [1.29, 1.82) is 5.26 Å². The fraction of sp³-hybridized carbons (Fsp3) is 0.118. The minimum atomic E-state index is -2.40. The van der Waals surface area contributed by atoms with Crippen LogP contribution in [0.4, 0.5) is 11.4 Å². The number of carbonyl (C=O) groups is 1. The van der Waals surface area contributed by atoms with Crippen molar-refractivity contribution < 1.29 is 9.90 Å². The third-order valence-corrected chi connectivity index (χ3v) is 5.14. The van der Waals surface area contributed by atoms with Gasteiger partial charge >= 0.3 is 0 Å². The summed E-state index contributed by atoms with van der Waals surface area (Å²) >= 11 is 29.6. The Kier molecular flexibility index (Phi) is 6.46. The number of halogens is 5. The first-order valence-corrected chi connectivity index (χ1v) is 9.69. The predicted octanol–water partition coefficient (Wildman–Crippen LogP) is 4.33. The van der Waals surface area contributed by atoms with Crippen LogP contribution in [-0.2, 0) is 4.79 Å². The second-order valence-electron chi connectivity index (χ2n) is 5.76. The number of nitriles is 1. The van der Waals surface area contributed by atoms with E-state index in [0.29, 0.717) is 16.3 Å². The number of amidine groups is 1. The molecule has 1 aliphatic rings. The van der Waals surface area contributed by atoms with E-state index in [-0.39, 0.29) is 21.6 Å². The van der Waals surface area contributed by atoms with E-state index in [1.807, 2.05) is 6.07 Å². The first kappa shape index (κ1) is 21.9. The third-order valence-electron chi connectivity index (χ3n) is 3.75. The smallest absolute Gasteiger partial charge is 0.276 e. The summed E-state index contributed by atoms with van der Waals surface area (Å²) in [7, 11) is 0. The quantitative estimate of drug-likeness (QED) is 0.551. The van der Waals surface area contributed by atoms with Gasteiger partial charge in [-0.1, -0.05) is 58.0 Å². The van der Waals surface area contributed by atoms with E-state index in [9.17, 15) is 9.90 Å². The number of aliphatic hydroxyl groups is 1. The number of hydrogen-bond donors (Lipinski definition) is 3. The molecule has 3 rings (SSSR count). The summed E-state index contributed by atoms with van der Waals surface area (Å²) in [6, 6.07) is 10.9. The van der Waals surface area contributed by atoms with Crippen molar-refractivity contribution in [2.24, 2.45) is 4.99 Å². The van der Waals surface area contributed by atoms with Gasteiger partial charge in [-0.3, -0.25) is 9.80 Å². The molecule has 0 saturated heterocycles. The number of hydrazine groups is 1.